The van der Waals surface area contributed by atoms with Crippen molar-refractivity contribution in [1.29, 1.82) is 0 Å². The average Bonchev–Trinajstić information content (AvgIpc) is 3.13. The maximum absolute atomic E-state index is 12.2. The molecule has 2 heterocycles. The second-order valence-corrected chi connectivity index (χ2v) is 5.90. The molecule has 7 nitrogen and oxygen atoms in total. The molecule has 3 rings (SSSR count). The van der Waals surface area contributed by atoms with Crippen LogP contribution in [0.4, 0.5) is 11.5 Å². The van der Waals surface area contributed by atoms with Gasteiger partial charge in [0.2, 0.25) is 0 Å². The van der Waals surface area contributed by atoms with Crippen molar-refractivity contribution in [2.24, 2.45) is 0 Å². The standard InChI is InChI=1S/C18H20N4O3/c1-12(23)13-4-2-5-14(8-13)22-17-9-16(20-11-21-17)18(24)19-10-15-6-3-7-25-15/h2,4-5,8-9,11,15H,3,6-7,10H2,1H3,(H,19,24)(H,20,21,22). The Kier molecular flexibility index (Phi) is 5.35. The van der Waals surface area contributed by atoms with Gasteiger partial charge < -0.3 is 15.4 Å². The molecule has 1 aromatic carbocycles. The van der Waals surface area contributed by atoms with E-state index in [1.54, 1.807) is 24.3 Å². The van der Waals surface area contributed by atoms with Gasteiger partial charge in [0, 0.05) is 30.5 Å². The van der Waals surface area contributed by atoms with Crippen LogP contribution < -0.4 is 10.6 Å². The van der Waals surface area contributed by atoms with Gasteiger partial charge in [-0.3, -0.25) is 9.59 Å². The lowest BCUT2D eigenvalue weighted by Crippen LogP contribution is -2.32. The zero-order valence-electron chi connectivity index (χ0n) is 14.0. The van der Waals surface area contributed by atoms with Crippen LogP contribution in [0.25, 0.3) is 0 Å². The molecule has 1 saturated heterocycles. The summed E-state index contributed by atoms with van der Waals surface area (Å²) in [7, 11) is 0. The number of hydrogen-bond donors (Lipinski definition) is 2. The van der Waals surface area contributed by atoms with E-state index in [0.717, 1.165) is 25.1 Å². The molecule has 1 unspecified atom stereocenters. The third kappa shape index (κ3) is 4.60. The number of ketones is 1. The molecule has 2 N–H and O–H groups in total. The summed E-state index contributed by atoms with van der Waals surface area (Å²) in [5, 5.41) is 5.91. The normalized spacial score (nSPS) is 16.4. The van der Waals surface area contributed by atoms with Crippen LogP contribution in [-0.2, 0) is 4.74 Å². The highest BCUT2D eigenvalue weighted by atomic mass is 16.5. The van der Waals surface area contributed by atoms with E-state index >= 15 is 0 Å². The number of carbonyl (C=O) groups is 2. The SMILES string of the molecule is CC(=O)c1cccc(Nc2cc(C(=O)NCC3CCCO3)ncn2)c1. The van der Waals surface area contributed by atoms with Crippen LogP contribution in [0.2, 0.25) is 0 Å². The lowest BCUT2D eigenvalue weighted by Gasteiger charge is -2.11. The highest BCUT2D eigenvalue weighted by molar-refractivity contribution is 5.95. The van der Waals surface area contributed by atoms with Crippen molar-refractivity contribution >= 4 is 23.2 Å². The molecule has 1 aliphatic rings. The van der Waals surface area contributed by atoms with Gasteiger partial charge in [0.1, 0.15) is 17.8 Å². The van der Waals surface area contributed by atoms with E-state index in [-0.39, 0.29) is 23.5 Å². The lowest BCUT2D eigenvalue weighted by molar-refractivity contribution is 0.0853. The first kappa shape index (κ1) is 17.0. The summed E-state index contributed by atoms with van der Waals surface area (Å²) in [5.74, 6) is 0.206. The molecule has 25 heavy (non-hydrogen) atoms. The largest absolute Gasteiger partial charge is 0.376 e. The maximum atomic E-state index is 12.2. The highest BCUT2D eigenvalue weighted by Gasteiger charge is 2.17. The summed E-state index contributed by atoms with van der Waals surface area (Å²) in [5.41, 5.74) is 1.60. The smallest absolute Gasteiger partial charge is 0.270 e. The van der Waals surface area contributed by atoms with E-state index in [4.69, 9.17) is 4.74 Å². The molecular formula is C18H20N4O3. The Balaban J connectivity index is 1.65. The summed E-state index contributed by atoms with van der Waals surface area (Å²) in [6.45, 7) is 2.74. The molecule has 1 fully saturated rings. The molecule has 1 aromatic heterocycles. The number of carbonyl (C=O) groups excluding carboxylic acids is 2. The van der Waals surface area contributed by atoms with Crippen LogP contribution in [0.15, 0.2) is 36.7 Å². The van der Waals surface area contributed by atoms with Gasteiger partial charge in [-0.05, 0) is 31.9 Å². The molecule has 0 spiro atoms. The molecule has 1 aliphatic heterocycles. The minimum Gasteiger partial charge on any atom is -0.376 e. The lowest BCUT2D eigenvalue weighted by atomic mass is 10.1. The summed E-state index contributed by atoms with van der Waals surface area (Å²) in [6.07, 6.45) is 3.40. The molecule has 7 heteroatoms. The number of nitrogens with zero attached hydrogens (tertiary/aromatic N) is 2. The van der Waals surface area contributed by atoms with Gasteiger partial charge in [0.05, 0.1) is 6.10 Å². The topological polar surface area (TPSA) is 93.2 Å². The number of ether oxygens (including phenoxy) is 1. The number of anilines is 2. The van der Waals surface area contributed by atoms with Crippen LogP contribution in [0.3, 0.4) is 0 Å². The van der Waals surface area contributed by atoms with E-state index in [0.29, 0.717) is 17.9 Å². The summed E-state index contributed by atoms with van der Waals surface area (Å²) in [4.78, 5) is 31.8. The molecule has 2 aromatic rings. The molecule has 1 amide bonds. The van der Waals surface area contributed by atoms with Crippen molar-refractivity contribution in [2.45, 2.75) is 25.9 Å². The van der Waals surface area contributed by atoms with Crippen LogP contribution in [0.5, 0.6) is 0 Å². The molecule has 0 aliphatic carbocycles. The fourth-order valence-electron chi connectivity index (χ4n) is 2.62. The third-order valence-corrected chi connectivity index (χ3v) is 3.96. The molecular weight excluding hydrogens is 320 g/mol. The van der Waals surface area contributed by atoms with Gasteiger partial charge in [-0.15, -0.1) is 0 Å². The monoisotopic (exact) mass is 340 g/mol. The van der Waals surface area contributed by atoms with Gasteiger partial charge in [-0.1, -0.05) is 12.1 Å². The van der Waals surface area contributed by atoms with Crippen molar-refractivity contribution in [3.63, 3.8) is 0 Å². The van der Waals surface area contributed by atoms with Gasteiger partial charge in [-0.25, -0.2) is 9.97 Å². The predicted octanol–water partition coefficient (Wildman–Crippen LogP) is 2.33. The Hall–Kier alpha value is -2.80. The van der Waals surface area contributed by atoms with Crippen molar-refractivity contribution in [3.8, 4) is 0 Å². The van der Waals surface area contributed by atoms with Crippen molar-refractivity contribution in [1.82, 2.24) is 15.3 Å². The quantitative estimate of drug-likeness (QED) is 0.784. The number of nitrogens with one attached hydrogen (secondary N) is 2. The second kappa shape index (κ2) is 7.85. The van der Waals surface area contributed by atoms with E-state index < -0.39 is 0 Å². The summed E-state index contributed by atoms with van der Waals surface area (Å²) < 4.78 is 5.49. The summed E-state index contributed by atoms with van der Waals surface area (Å²) in [6, 6.07) is 8.67. The number of benzene rings is 1. The van der Waals surface area contributed by atoms with E-state index in [1.807, 2.05) is 6.07 Å². The molecule has 0 bridgehead atoms. The van der Waals surface area contributed by atoms with Crippen molar-refractivity contribution in [2.75, 3.05) is 18.5 Å². The van der Waals surface area contributed by atoms with Crippen LogP contribution >= 0.6 is 0 Å². The molecule has 1 atom stereocenters. The Bertz CT molecular complexity index is 772. The van der Waals surface area contributed by atoms with Gasteiger partial charge in [0.25, 0.3) is 5.91 Å². The Morgan fingerprint density at radius 2 is 2.16 bits per heavy atom. The number of aromatic nitrogens is 2. The number of amides is 1. The molecule has 130 valence electrons. The highest BCUT2D eigenvalue weighted by Crippen LogP contribution is 2.17. The summed E-state index contributed by atoms with van der Waals surface area (Å²) >= 11 is 0. The van der Waals surface area contributed by atoms with E-state index in [9.17, 15) is 9.59 Å². The van der Waals surface area contributed by atoms with Crippen molar-refractivity contribution in [3.05, 3.63) is 47.9 Å². The minimum absolute atomic E-state index is 0.0134. The zero-order valence-corrected chi connectivity index (χ0v) is 14.0. The Labute approximate surface area is 145 Å². The Morgan fingerprint density at radius 1 is 1.28 bits per heavy atom. The first-order chi connectivity index (χ1) is 12.1. The molecule has 0 saturated carbocycles. The van der Waals surface area contributed by atoms with E-state index in [2.05, 4.69) is 20.6 Å². The van der Waals surface area contributed by atoms with Gasteiger partial charge in [0.15, 0.2) is 5.78 Å². The van der Waals surface area contributed by atoms with Gasteiger partial charge in [-0.2, -0.15) is 0 Å². The first-order valence-electron chi connectivity index (χ1n) is 8.22. The first-order valence-corrected chi connectivity index (χ1v) is 8.22. The fraction of sp³-hybridized carbons (Fsp3) is 0.333. The van der Waals surface area contributed by atoms with Gasteiger partial charge >= 0.3 is 0 Å². The Morgan fingerprint density at radius 3 is 2.92 bits per heavy atom. The average molecular weight is 340 g/mol. The number of hydrogen-bond acceptors (Lipinski definition) is 6. The van der Waals surface area contributed by atoms with Crippen LogP contribution in [-0.4, -0.2) is 40.9 Å². The second-order valence-electron chi connectivity index (χ2n) is 5.90. The zero-order chi connectivity index (χ0) is 17.6. The predicted molar refractivity (Wildman–Crippen MR) is 93.1 cm³/mol. The van der Waals surface area contributed by atoms with Crippen LogP contribution in [0, 0.1) is 0 Å². The minimum atomic E-state index is -0.265. The number of rotatable bonds is 6. The maximum Gasteiger partial charge on any atom is 0.270 e. The van der Waals surface area contributed by atoms with E-state index in [1.165, 1.54) is 13.3 Å². The third-order valence-electron chi connectivity index (χ3n) is 3.96. The van der Waals surface area contributed by atoms with Crippen molar-refractivity contribution < 1.29 is 14.3 Å². The fourth-order valence-corrected chi connectivity index (χ4v) is 2.62. The van der Waals surface area contributed by atoms with Crippen LogP contribution in [0.1, 0.15) is 40.6 Å². The molecule has 0 radical (unpaired) electrons. The number of Topliss-reactive ketones (excluding diaryl/α,β-unsaturated/α-hetero) is 1.